The minimum absolute atomic E-state index is 0.0782. The summed E-state index contributed by atoms with van der Waals surface area (Å²) in [6.07, 6.45) is 2.18. The SMILES string of the molecule is CCCc1ccc(C(=O)c2cc(Br)c(Br)s2)cc1. The summed E-state index contributed by atoms with van der Waals surface area (Å²) in [5.74, 6) is 0.0782. The standard InChI is InChI=1S/C14H12Br2OS/c1-2-3-9-4-6-10(7-5-9)13(17)12-8-11(15)14(16)18-12/h4-8H,2-3H2,1H3. The van der Waals surface area contributed by atoms with E-state index in [-0.39, 0.29) is 5.78 Å². The maximum absolute atomic E-state index is 12.2. The van der Waals surface area contributed by atoms with Crippen molar-refractivity contribution in [2.45, 2.75) is 19.8 Å². The lowest BCUT2D eigenvalue weighted by molar-refractivity contribution is 0.104. The van der Waals surface area contributed by atoms with Gasteiger partial charge in [0.05, 0.1) is 8.66 Å². The summed E-state index contributed by atoms with van der Waals surface area (Å²) in [5, 5.41) is 0. The Labute approximate surface area is 127 Å². The molecule has 0 aliphatic rings. The van der Waals surface area contributed by atoms with Crippen molar-refractivity contribution in [1.29, 1.82) is 0 Å². The van der Waals surface area contributed by atoms with Crippen molar-refractivity contribution in [2.75, 3.05) is 0 Å². The zero-order valence-corrected chi connectivity index (χ0v) is 13.9. The van der Waals surface area contributed by atoms with Crippen LogP contribution in [0.3, 0.4) is 0 Å². The van der Waals surface area contributed by atoms with Crippen molar-refractivity contribution in [2.24, 2.45) is 0 Å². The minimum atomic E-state index is 0.0782. The lowest BCUT2D eigenvalue weighted by Crippen LogP contribution is -1.98. The molecule has 1 aromatic carbocycles. The van der Waals surface area contributed by atoms with Crippen LogP contribution < -0.4 is 0 Å². The molecule has 0 spiro atoms. The second kappa shape index (κ2) is 6.13. The van der Waals surface area contributed by atoms with Gasteiger partial charge in [0.25, 0.3) is 0 Å². The molecular weight excluding hydrogens is 376 g/mol. The van der Waals surface area contributed by atoms with Gasteiger partial charge in [0.1, 0.15) is 0 Å². The fraction of sp³-hybridized carbons (Fsp3) is 0.214. The van der Waals surface area contributed by atoms with Crippen LogP contribution in [-0.4, -0.2) is 5.78 Å². The third-order valence-corrected chi connectivity index (χ3v) is 5.88. The number of carbonyl (C=O) groups excluding carboxylic acids is 1. The van der Waals surface area contributed by atoms with E-state index in [1.807, 2.05) is 30.3 Å². The van der Waals surface area contributed by atoms with Crippen LogP contribution in [0.15, 0.2) is 38.6 Å². The molecule has 2 aromatic rings. The summed E-state index contributed by atoms with van der Waals surface area (Å²) in [6, 6.07) is 9.75. The molecule has 0 atom stereocenters. The highest BCUT2D eigenvalue weighted by molar-refractivity contribution is 9.13. The van der Waals surface area contributed by atoms with E-state index in [0.29, 0.717) is 0 Å². The van der Waals surface area contributed by atoms with Crippen molar-refractivity contribution in [3.05, 3.63) is 54.6 Å². The van der Waals surface area contributed by atoms with Gasteiger partial charge in [0, 0.05) is 10.0 Å². The summed E-state index contributed by atoms with van der Waals surface area (Å²) in [6.45, 7) is 2.15. The number of thiophene rings is 1. The molecule has 18 heavy (non-hydrogen) atoms. The van der Waals surface area contributed by atoms with Gasteiger partial charge in [-0.05, 0) is 49.9 Å². The molecular formula is C14H12Br2OS. The molecule has 0 radical (unpaired) electrons. The molecule has 0 saturated heterocycles. The van der Waals surface area contributed by atoms with Gasteiger partial charge in [-0.15, -0.1) is 11.3 Å². The molecule has 1 nitrogen and oxygen atoms in total. The zero-order valence-electron chi connectivity index (χ0n) is 9.87. The third-order valence-electron chi connectivity index (χ3n) is 2.62. The van der Waals surface area contributed by atoms with Gasteiger partial charge in [0.15, 0.2) is 0 Å². The Bertz CT molecular complexity index is 538. The smallest absolute Gasteiger partial charge is 0.203 e. The number of aryl methyl sites for hydroxylation is 1. The minimum Gasteiger partial charge on any atom is -0.288 e. The molecule has 0 aliphatic heterocycles. The lowest BCUT2D eigenvalue weighted by Gasteiger charge is -2.01. The molecule has 0 saturated carbocycles. The lowest BCUT2D eigenvalue weighted by atomic mass is 10.0. The number of halogens is 2. The topological polar surface area (TPSA) is 17.1 Å². The van der Waals surface area contributed by atoms with Crippen molar-refractivity contribution >= 4 is 49.0 Å². The molecule has 2 rings (SSSR count). The van der Waals surface area contributed by atoms with Crippen LogP contribution in [0.25, 0.3) is 0 Å². The van der Waals surface area contributed by atoms with Gasteiger partial charge in [-0.25, -0.2) is 0 Å². The summed E-state index contributed by atoms with van der Waals surface area (Å²) in [7, 11) is 0. The van der Waals surface area contributed by atoms with Crippen LogP contribution in [-0.2, 0) is 6.42 Å². The predicted octanol–water partition coefficient (Wildman–Crippen LogP) is 5.46. The highest BCUT2D eigenvalue weighted by Crippen LogP contribution is 2.33. The van der Waals surface area contributed by atoms with Crippen molar-refractivity contribution in [3.8, 4) is 0 Å². The third kappa shape index (κ3) is 3.11. The van der Waals surface area contributed by atoms with Crippen molar-refractivity contribution < 1.29 is 4.79 Å². The fourth-order valence-corrected chi connectivity index (χ4v) is 3.71. The normalized spacial score (nSPS) is 10.6. The largest absolute Gasteiger partial charge is 0.288 e. The van der Waals surface area contributed by atoms with Crippen LogP contribution in [0.2, 0.25) is 0 Å². The average Bonchev–Trinajstić information content (AvgIpc) is 2.70. The molecule has 4 heteroatoms. The summed E-state index contributed by atoms with van der Waals surface area (Å²) < 4.78 is 1.88. The highest BCUT2D eigenvalue weighted by atomic mass is 79.9. The molecule has 0 fully saturated rings. The molecule has 1 heterocycles. The van der Waals surface area contributed by atoms with E-state index >= 15 is 0 Å². The summed E-state index contributed by atoms with van der Waals surface area (Å²) in [5.41, 5.74) is 2.03. The molecule has 1 aromatic heterocycles. The first-order valence-corrected chi connectivity index (χ1v) is 8.10. The number of hydrogen-bond acceptors (Lipinski definition) is 2. The quantitative estimate of drug-likeness (QED) is 0.637. The first-order chi connectivity index (χ1) is 8.61. The van der Waals surface area contributed by atoms with Crippen molar-refractivity contribution in [3.63, 3.8) is 0 Å². The maximum atomic E-state index is 12.2. The van der Waals surface area contributed by atoms with E-state index in [0.717, 1.165) is 31.5 Å². The van der Waals surface area contributed by atoms with E-state index < -0.39 is 0 Å². The number of carbonyl (C=O) groups is 1. The molecule has 0 N–H and O–H groups in total. The number of benzene rings is 1. The van der Waals surface area contributed by atoms with Crippen LogP contribution >= 0.6 is 43.2 Å². The Morgan fingerprint density at radius 3 is 2.39 bits per heavy atom. The number of rotatable bonds is 4. The maximum Gasteiger partial charge on any atom is 0.203 e. The van der Waals surface area contributed by atoms with E-state index in [2.05, 4.69) is 38.8 Å². The van der Waals surface area contributed by atoms with E-state index in [9.17, 15) is 4.79 Å². The second-order valence-corrected chi connectivity index (χ2v) is 7.23. The van der Waals surface area contributed by atoms with Gasteiger partial charge < -0.3 is 0 Å². The van der Waals surface area contributed by atoms with E-state index in [4.69, 9.17) is 0 Å². The van der Waals surface area contributed by atoms with Gasteiger partial charge in [-0.3, -0.25) is 4.79 Å². The zero-order chi connectivity index (χ0) is 13.1. The van der Waals surface area contributed by atoms with Gasteiger partial charge in [0.2, 0.25) is 5.78 Å². The Morgan fingerprint density at radius 2 is 1.89 bits per heavy atom. The van der Waals surface area contributed by atoms with E-state index in [1.165, 1.54) is 16.9 Å². The molecule has 94 valence electrons. The summed E-state index contributed by atoms with van der Waals surface area (Å²) in [4.78, 5) is 13.0. The fourth-order valence-electron chi connectivity index (χ4n) is 1.71. The predicted molar refractivity (Wildman–Crippen MR) is 83.6 cm³/mol. The highest BCUT2D eigenvalue weighted by Gasteiger charge is 2.13. The van der Waals surface area contributed by atoms with Crippen LogP contribution in [0.4, 0.5) is 0 Å². The first kappa shape index (κ1) is 14.0. The molecule has 0 bridgehead atoms. The van der Waals surface area contributed by atoms with E-state index in [1.54, 1.807) is 0 Å². The van der Waals surface area contributed by atoms with Crippen molar-refractivity contribution in [1.82, 2.24) is 0 Å². The Kier molecular flexibility index (Phi) is 4.76. The molecule has 0 aliphatic carbocycles. The Morgan fingerprint density at radius 1 is 1.22 bits per heavy atom. The van der Waals surface area contributed by atoms with Gasteiger partial charge in [-0.1, -0.05) is 37.6 Å². The summed E-state index contributed by atoms with van der Waals surface area (Å²) >= 11 is 8.26. The van der Waals surface area contributed by atoms with Crippen LogP contribution in [0, 0.1) is 0 Å². The Hall–Kier alpha value is -0.450. The number of hydrogen-bond donors (Lipinski definition) is 0. The second-order valence-electron chi connectivity index (χ2n) is 4.01. The molecule has 0 amide bonds. The van der Waals surface area contributed by atoms with Gasteiger partial charge >= 0.3 is 0 Å². The van der Waals surface area contributed by atoms with Crippen LogP contribution in [0.5, 0.6) is 0 Å². The van der Waals surface area contributed by atoms with Crippen LogP contribution in [0.1, 0.15) is 34.1 Å². The molecule has 0 unspecified atom stereocenters. The number of ketones is 1. The Balaban J connectivity index is 2.23. The first-order valence-electron chi connectivity index (χ1n) is 5.70. The monoisotopic (exact) mass is 386 g/mol. The average molecular weight is 388 g/mol. The van der Waals surface area contributed by atoms with Gasteiger partial charge in [-0.2, -0.15) is 0 Å².